The Labute approximate surface area is 150 Å². The summed E-state index contributed by atoms with van der Waals surface area (Å²) in [6.07, 6.45) is 2.54. The smallest absolute Gasteiger partial charge is 0.336 e. The molecule has 0 aliphatic rings. The van der Waals surface area contributed by atoms with Crippen LogP contribution >= 0.6 is 0 Å². The van der Waals surface area contributed by atoms with Gasteiger partial charge in [0.15, 0.2) is 0 Å². The van der Waals surface area contributed by atoms with Crippen LogP contribution in [0.5, 0.6) is 5.75 Å². The van der Waals surface area contributed by atoms with Crippen molar-refractivity contribution in [1.29, 1.82) is 0 Å². The molecule has 0 aliphatic carbocycles. The summed E-state index contributed by atoms with van der Waals surface area (Å²) >= 11 is 0. The molecule has 1 N–H and O–H groups in total. The molecule has 26 heavy (non-hydrogen) atoms. The molecule has 6 nitrogen and oxygen atoms in total. The molecule has 134 valence electrons. The van der Waals surface area contributed by atoms with Crippen molar-refractivity contribution in [2.45, 2.75) is 26.3 Å². The van der Waals surface area contributed by atoms with Crippen LogP contribution in [-0.4, -0.2) is 18.0 Å². The van der Waals surface area contributed by atoms with E-state index in [1.807, 2.05) is 31.2 Å². The van der Waals surface area contributed by atoms with Crippen LogP contribution in [-0.2, 0) is 17.8 Å². The van der Waals surface area contributed by atoms with Crippen molar-refractivity contribution < 1.29 is 13.9 Å². The molecule has 1 aromatic carbocycles. The number of hydrogen-bond donors (Lipinski definition) is 1. The number of hydrogen-bond acceptors (Lipinski definition) is 5. The molecule has 0 spiro atoms. The molecule has 0 saturated carbocycles. The second kappa shape index (κ2) is 7.82. The zero-order chi connectivity index (χ0) is 18.5. The SMILES string of the molecule is COc1cc2oc(=O)cc(C)c2cc1CCC(=O)NCc1ccccn1. The first kappa shape index (κ1) is 17.7. The molecule has 2 aromatic heterocycles. The summed E-state index contributed by atoms with van der Waals surface area (Å²) in [5.74, 6) is 0.540. The Morgan fingerprint density at radius 1 is 1.27 bits per heavy atom. The van der Waals surface area contributed by atoms with Gasteiger partial charge in [-0.15, -0.1) is 0 Å². The van der Waals surface area contributed by atoms with Crippen LogP contribution in [0.2, 0.25) is 0 Å². The highest BCUT2D eigenvalue weighted by atomic mass is 16.5. The summed E-state index contributed by atoms with van der Waals surface area (Å²) in [5, 5.41) is 3.70. The highest BCUT2D eigenvalue weighted by Gasteiger charge is 2.12. The number of ether oxygens (including phenoxy) is 1. The number of aromatic nitrogens is 1. The Kier molecular flexibility index (Phi) is 5.31. The van der Waals surface area contributed by atoms with Crippen molar-refractivity contribution in [3.05, 3.63) is 69.8 Å². The molecule has 0 fully saturated rings. The van der Waals surface area contributed by atoms with Gasteiger partial charge < -0.3 is 14.5 Å². The number of fused-ring (bicyclic) bond motifs is 1. The van der Waals surface area contributed by atoms with Crippen LogP contribution in [0.4, 0.5) is 0 Å². The first-order valence-corrected chi connectivity index (χ1v) is 8.35. The summed E-state index contributed by atoms with van der Waals surface area (Å²) in [5.41, 5.74) is 2.63. The summed E-state index contributed by atoms with van der Waals surface area (Å²) in [6.45, 7) is 2.26. The van der Waals surface area contributed by atoms with Gasteiger partial charge in [0.1, 0.15) is 11.3 Å². The topological polar surface area (TPSA) is 81.4 Å². The highest BCUT2D eigenvalue weighted by Crippen LogP contribution is 2.28. The van der Waals surface area contributed by atoms with Gasteiger partial charge >= 0.3 is 5.63 Å². The van der Waals surface area contributed by atoms with E-state index in [4.69, 9.17) is 9.15 Å². The van der Waals surface area contributed by atoms with Gasteiger partial charge in [-0.05, 0) is 42.7 Å². The molecule has 1 amide bonds. The third-order valence-electron chi connectivity index (χ3n) is 4.17. The van der Waals surface area contributed by atoms with Gasteiger partial charge in [-0.3, -0.25) is 9.78 Å². The highest BCUT2D eigenvalue weighted by molar-refractivity contribution is 5.83. The summed E-state index contributed by atoms with van der Waals surface area (Å²) in [4.78, 5) is 27.8. The van der Waals surface area contributed by atoms with Gasteiger partial charge in [-0.1, -0.05) is 6.07 Å². The molecule has 0 saturated heterocycles. The van der Waals surface area contributed by atoms with Crippen LogP contribution < -0.4 is 15.7 Å². The normalized spacial score (nSPS) is 10.7. The standard InChI is InChI=1S/C20H20N2O4/c1-13-9-20(24)26-18-11-17(25-2)14(10-16(13)18)6-7-19(23)22-12-15-5-3-4-8-21-15/h3-5,8-11H,6-7,12H2,1-2H3,(H,22,23). The van der Waals surface area contributed by atoms with E-state index in [1.165, 1.54) is 6.07 Å². The van der Waals surface area contributed by atoms with Crippen LogP contribution in [0.1, 0.15) is 23.2 Å². The zero-order valence-electron chi connectivity index (χ0n) is 14.7. The van der Waals surface area contributed by atoms with Gasteiger partial charge in [-0.25, -0.2) is 4.79 Å². The predicted molar refractivity (Wildman–Crippen MR) is 98.2 cm³/mol. The number of amides is 1. The maximum Gasteiger partial charge on any atom is 0.336 e. The van der Waals surface area contributed by atoms with E-state index in [1.54, 1.807) is 19.4 Å². The number of aryl methyl sites for hydroxylation is 2. The largest absolute Gasteiger partial charge is 0.496 e. The van der Waals surface area contributed by atoms with E-state index in [9.17, 15) is 9.59 Å². The summed E-state index contributed by atoms with van der Waals surface area (Å²) < 4.78 is 10.6. The number of carbonyl (C=O) groups excluding carboxylic acids is 1. The van der Waals surface area contributed by atoms with E-state index in [0.29, 0.717) is 30.7 Å². The Morgan fingerprint density at radius 3 is 2.85 bits per heavy atom. The number of nitrogens with one attached hydrogen (secondary N) is 1. The number of carbonyl (C=O) groups is 1. The maximum atomic E-state index is 12.1. The Morgan fingerprint density at radius 2 is 2.12 bits per heavy atom. The minimum atomic E-state index is -0.390. The van der Waals surface area contributed by atoms with Crippen molar-refractivity contribution >= 4 is 16.9 Å². The number of methoxy groups -OCH3 is 1. The van der Waals surface area contributed by atoms with Crippen LogP contribution in [0, 0.1) is 6.92 Å². The number of rotatable bonds is 6. The molecule has 0 atom stereocenters. The fraction of sp³-hybridized carbons (Fsp3) is 0.250. The van der Waals surface area contributed by atoms with E-state index < -0.39 is 5.63 Å². The predicted octanol–water partition coefficient (Wildman–Crippen LogP) is 2.75. The van der Waals surface area contributed by atoms with E-state index in [2.05, 4.69) is 10.3 Å². The quantitative estimate of drug-likeness (QED) is 0.690. The van der Waals surface area contributed by atoms with Crippen molar-refractivity contribution in [3.63, 3.8) is 0 Å². The van der Waals surface area contributed by atoms with Crippen LogP contribution in [0.3, 0.4) is 0 Å². The number of benzene rings is 1. The lowest BCUT2D eigenvalue weighted by Gasteiger charge is -2.11. The lowest BCUT2D eigenvalue weighted by molar-refractivity contribution is -0.121. The Bertz CT molecular complexity index is 980. The molecule has 0 radical (unpaired) electrons. The second-order valence-corrected chi connectivity index (χ2v) is 6.01. The summed E-state index contributed by atoms with van der Waals surface area (Å²) in [7, 11) is 1.56. The van der Waals surface area contributed by atoms with Crippen LogP contribution in [0.15, 0.2) is 51.8 Å². The minimum Gasteiger partial charge on any atom is -0.496 e. The lowest BCUT2D eigenvalue weighted by Crippen LogP contribution is -2.23. The number of nitrogens with zero attached hydrogens (tertiary/aromatic N) is 1. The third-order valence-corrected chi connectivity index (χ3v) is 4.17. The molecular weight excluding hydrogens is 332 g/mol. The average molecular weight is 352 g/mol. The molecule has 0 bridgehead atoms. The molecule has 0 aliphatic heterocycles. The zero-order valence-corrected chi connectivity index (χ0v) is 14.7. The van der Waals surface area contributed by atoms with Crippen molar-refractivity contribution in [2.24, 2.45) is 0 Å². The first-order chi connectivity index (χ1) is 12.6. The monoisotopic (exact) mass is 352 g/mol. The van der Waals surface area contributed by atoms with Gasteiger partial charge in [0, 0.05) is 30.1 Å². The van der Waals surface area contributed by atoms with Crippen molar-refractivity contribution in [3.8, 4) is 5.75 Å². The van der Waals surface area contributed by atoms with Crippen molar-refractivity contribution in [1.82, 2.24) is 10.3 Å². The fourth-order valence-electron chi connectivity index (χ4n) is 2.80. The van der Waals surface area contributed by atoms with Crippen molar-refractivity contribution in [2.75, 3.05) is 7.11 Å². The van der Waals surface area contributed by atoms with Crippen LogP contribution in [0.25, 0.3) is 11.0 Å². The molecular formula is C20H20N2O4. The minimum absolute atomic E-state index is 0.0610. The molecule has 3 rings (SSSR count). The molecule has 6 heteroatoms. The van der Waals surface area contributed by atoms with Gasteiger partial charge in [0.25, 0.3) is 0 Å². The maximum absolute atomic E-state index is 12.1. The second-order valence-electron chi connectivity index (χ2n) is 6.01. The fourth-order valence-corrected chi connectivity index (χ4v) is 2.80. The average Bonchev–Trinajstić information content (AvgIpc) is 2.65. The van der Waals surface area contributed by atoms with E-state index >= 15 is 0 Å². The van der Waals surface area contributed by atoms with Gasteiger partial charge in [0.2, 0.25) is 5.91 Å². The third kappa shape index (κ3) is 4.08. The molecule has 3 aromatic rings. The lowest BCUT2D eigenvalue weighted by atomic mass is 10.0. The van der Waals surface area contributed by atoms with Gasteiger partial charge in [-0.2, -0.15) is 0 Å². The Hall–Kier alpha value is -3.15. The first-order valence-electron chi connectivity index (χ1n) is 8.35. The van der Waals surface area contributed by atoms with E-state index in [0.717, 1.165) is 22.2 Å². The summed E-state index contributed by atoms with van der Waals surface area (Å²) in [6, 6.07) is 10.7. The molecule has 0 unspecified atom stereocenters. The van der Waals surface area contributed by atoms with E-state index in [-0.39, 0.29) is 5.91 Å². The number of pyridine rings is 1. The molecule has 2 heterocycles. The Balaban J connectivity index is 1.71. The van der Waals surface area contributed by atoms with Gasteiger partial charge in [0.05, 0.1) is 19.3 Å².